The van der Waals surface area contributed by atoms with Gasteiger partial charge in [0.15, 0.2) is 12.0 Å². The van der Waals surface area contributed by atoms with Crippen LogP contribution in [0.4, 0.5) is 0 Å². The van der Waals surface area contributed by atoms with Crippen molar-refractivity contribution in [1.82, 2.24) is 14.5 Å². The van der Waals surface area contributed by atoms with Crippen LogP contribution < -0.4 is 0 Å². The van der Waals surface area contributed by atoms with E-state index >= 15 is 0 Å². The quantitative estimate of drug-likeness (QED) is 0.776. The molecule has 20 heavy (non-hydrogen) atoms. The summed E-state index contributed by atoms with van der Waals surface area (Å²) in [5.74, 6) is 1.08. The average Bonchev–Trinajstić information content (AvgIpc) is 3.10. The maximum absolute atomic E-state index is 9.70. The summed E-state index contributed by atoms with van der Waals surface area (Å²) in [6.07, 6.45) is 4.75. The molecule has 0 fully saturated rings. The molecule has 3 heterocycles. The molecule has 0 radical (unpaired) electrons. The lowest BCUT2D eigenvalue weighted by Gasteiger charge is -2.15. The maximum atomic E-state index is 9.70. The lowest BCUT2D eigenvalue weighted by atomic mass is 10.1. The number of benzene rings is 1. The molecule has 0 saturated carbocycles. The van der Waals surface area contributed by atoms with Gasteiger partial charge in [-0.15, -0.1) is 0 Å². The molecule has 5 heteroatoms. The van der Waals surface area contributed by atoms with E-state index in [0.29, 0.717) is 0 Å². The molecule has 1 aromatic carbocycles. The molecule has 0 bridgehead atoms. The van der Waals surface area contributed by atoms with Gasteiger partial charge in [-0.1, -0.05) is 6.07 Å². The van der Waals surface area contributed by atoms with Gasteiger partial charge in [0.05, 0.1) is 18.0 Å². The van der Waals surface area contributed by atoms with Gasteiger partial charge in [-0.25, -0.2) is 9.97 Å². The molecule has 102 valence electrons. The summed E-state index contributed by atoms with van der Waals surface area (Å²) in [7, 11) is 0. The first-order valence-corrected chi connectivity index (χ1v) is 6.89. The van der Waals surface area contributed by atoms with Crippen LogP contribution in [0.1, 0.15) is 24.4 Å². The predicted molar refractivity (Wildman–Crippen MR) is 74.1 cm³/mol. The van der Waals surface area contributed by atoms with Gasteiger partial charge in [0, 0.05) is 18.5 Å². The summed E-state index contributed by atoms with van der Waals surface area (Å²) in [6.45, 7) is 0.958. The van der Waals surface area contributed by atoms with Crippen molar-refractivity contribution >= 4 is 11.1 Å². The molecule has 0 amide bonds. The van der Waals surface area contributed by atoms with Crippen molar-refractivity contribution in [3.05, 3.63) is 36.1 Å². The molecule has 0 spiro atoms. The first-order chi connectivity index (χ1) is 9.86. The van der Waals surface area contributed by atoms with Crippen LogP contribution in [-0.4, -0.2) is 19.6 Å². The standard InChI is InChI=1S/C15H15N3O2/c19-8-12-15(17-14-3-1-2-6-18(12)14)10-4-5-11-13(7-10)20-9-16-11/h4-5,7,9,19H,1-3,6,8H2. The van der Waals surface area contributed by atoms with E-state index in [2.05, 4.69) is 9.55 Å². The minimum atomic E-state index is 0.0107. The van der Waals surface area contributed by atoms with Gasteiger partial charge in [-0.3, -0.25) is 0 Å². The summed E-state index contributed by atoms with van der Waals surface area (Å²) in [5.41, 5.74) is 4.32. The topological polar surface area (TPSA) is 64.1 Å². The van der Waals surface area contributed by atoms with E-state index in [1.54, 1.807) is 0 Å². The second-order valence-electron chi connectivity index (χ2n) is 5.13. The average molecular weight is 269 g/mol. The number of rotatable bonds is 2. The number of aryl methyl sites for hydroxylation is 1. The first kappa shape index (κ1) is 11.7. The van der Waals surface area contributed by atoms with Crippen LogP contribution in [0.3, 0.4) is 0 Å². The van der Waals surface area contributed by atoms with E-state index in [4.69, 9.17) is 9.40 Å². The Balaban J connectivity index is 1.90. The smallest absolute Gasteiger partial charge is 0.181 e. The van der Waals surface area contributed by atoms with Gasteiger partial charge in [0.2, 0.25) is 0 Å². The molecule has 0 unspecified atom stereocenters. The lowest BCUT2D eigenvalue weighted by molar-refractivity contribution is 0.268. The Morgan fingerprint density at radius 3 is 3.15 bits per heavy atom. The van der Waals surface area contributed by atoms with Crippen molar-refractivity contribution in [3.8, 4) is 11.3 Å². The molecule has 1 N–H and O–H groups in total. The van der Waals surface area contributed by atoms with Crippen LogP contribution in [0.2, 0.25) is 0 Å². The molecule has 2 aromatic heterocycles. The fourth-order valence-electron chi connectivity index (χ4n) is 2.94. The monoisotopic (exact) mass is 269 g/mol. The molecule has 0 aliphatic carbocycles. The van der Waals surface area contributed by atoms with Crippen LogP contribution in [-0.2, 0) is 19.6 Å². The van der Waals surface area contributed by atoms with Crippen molar-refractivity contribution in [3.63, 3.8) is 0 Å². The van der Waals surface area contributed by atoms with Gasteiger partial charge in [0.25, 0.3) is 0 Å². The van der Waals surface area contributed by atoms with Crippen molar-refractivity contribution in [2.75, 3.05) is 0 Å². The van der Waals surface area contributed by atoms with E-state index < -0.39 is 0 Å². The maximum Gasteiger partial charge on any atom is 0.181 e. The molecule has 5 nitrogen and oxygen atoms in total. The van der Waals surface area contributed by atoms with Gasteiger partial charge >= 0.3 is 0 Å². The second kappa shape index (κ2) is 4.45. The molecule has 4 rings (SSSR count). The van der Waals surface area contributed by atoms with E-state index in [0.717, 1.165) is 53.3 Å². The van der Waals surface area contributed by atoms with Gasteiger partial charge in [0.1, 0.15) is 11.3 Å². The van der Waals surface area contributed by atoms with Gasteiger partial charge < -0.3 is 14.1 Å². The zero-order valence-electron chi connectivity index (χ0n) is 11.0. The highest BCUT2D eigenvalue weighted by atomic mass is 16.3. The normalized spacial score (nSPS) is 14.7. The van der Waals surface area contributed by atoms with E-state index in [1.807, 2.05) is 18.2 Å². The molecular weight excluding hydrogens is 254 g/mol. The Hall–Kier alpha value is -2.14. The highest BCUT2D eigenvalue weighted by Gasteiger charge is 2.20. The summed E-state index contributed by atoms with van der Waals surface area (Å²) in [6, 6.07) is 5.85. The van der Waals surface area contributed by atoms with Crippen LogP contribution in [0.25, 0.3) is 22.4 Å². The number of hydrogen-bond acceptors (Lipinski definition) is 4. The highest BCUT2D eigenvalue weighted by Crippen LogP contribution is 2.29. The molecule has 1 aliphatic heterocycles. The number of hydrogen-bond donors (Lipinski definition) is 1. The van der Waals surface area contributed by atoms with Crippen molar-refractivity contribution in [2.45, 2.75) is 32.4 Å². The number of nitrogens with zero attached hydrogens (tertiary/aromatic N) is 3. The fourth-order valence-corrected chi connectivity index (χ4v) is 2.94. The third-order valence-electron chi connectivity index (χ3n) is 3.94. The molecule has 0 saturated heterocycles. The first-order valence-electron chi connectivity index (χ1n) is 6.89. The SMILES string of the molecule is OCc1c(-c2ccc3ncoc3c2)nc2n1CCCC2. The Bertz CT molecular complexity index is 773. The fraction of sp³-hybridized carbons (Fsp3) is 0.333. The van der Waals surface area contributed by atoms with Crippen LogP contribution >= 0.6 is 0 Å². The third kappa shape index (κ3) is 1.67. The third-order valence-corrected chi connectivity index (χ3v) is 3.94. The number of oxazole rings is 1. The van der Waals surface area contributed by atoms with Crippen LogP contribution in [0.5, 0.6) is 0 Å². The predicted octanol–water partition coefficient (Wildman–Crippen LogP) is 2.52. The zero-order valence-corrected chi connectivity index (χ0v) is 11.0. The summed E-state index contributed by atoms with van der Waals surface area (Å²) in [4.78, 5) is 8.84. The number of fused-ring (bicyclic) bond motifs is 2. The number of aromatic nitrogens is 3. The summed E-state index contributed by atoms with van der Waals surface area (Å²) >= 11 is 0. The van der Waals surface area contributed by atoms with Gasteiger partial charge in [-0.05, 0) is 25.0 Å². The highest BCUT2D eigenvalue weighted by molar-refractivity contribution is 5.79. The largest absolute Gasteiger partial charge is 0.443 e. The Morgan fingerprint density at radius 2 is 2.25 bits per heavy atom. The van der Waals surface area contributed by atoms with E-state index in [-0.39, 0.29) is 6.61 Å². The minimum Gasteiger partial charge on any atom is -0.443 e. The van der Waals surface area contributed by atoms with Crippen molar-refractivity contribution in [2.24, 2.45) is 0 Å². The molecule has 3 aromatic rings. The number of imidazole rings is 1. The van der Waals surface area contributed by atoms with Crippen LogP contribution in [0.15, 0.2) is 29.0 Å². The van der Waals surface area contributed by atoms with Crippen molar-refractivity contribution in [1.29, 1.82) is 0 Å². The summed E-state index contributed by atoms with van der Waals surface area (Å²) < 4.78 is 7.50. The Morgan fingerprint density at radius 1 is 1.30 bits per heavy atom. The van der Waals surface area contributed by atoms with E-state index in [1.165, 1.54) is 12.8 Å². The Kier molecular flexibility index (Phi) is 2.60. The molecule has 1 aliphatic rings. The van der Waals surface area contributed by atoms with Gasteiger partial charge in [-0.2, -0.15) is 0 Å². The zero-order chi connectivity index (χ0) is 13.5. The minimum absolute atomic E-state index is 0.0107. The number of aliphatic hydroxyl groups excluding tert-OH is 1. The lowest BCUT2D eigenvalue weighted by Crippen LogP contribution is -2.12. The molecular formula is C15H15N3O2. The van der Waals surface area contributed by atoms with E-state index in [9.17, 15) is 5.11 Å². The van der Waals surface area contributed by atoms with Crippen molar-refractivity contribution < 1.29 is 9.52 Å². The number of aliphatic hydroxyl groups is 1. The molecule has 0 atom stereocenters. The second-order valence-corrected chi connectivity index (χ2v) is 5.13. The van der Waals surface area contributed by atoms with Crippen LogP contribution in [0, 0.1) is 0 Å². The Labute approximate surface area is 115 Å². The summed E-state index contributed by atoms with van der Waals surface area (Å²) in [5, 5.41) is 9.70.